The Morgan fingerprint density at radius 1 is 1.11 bits per heavy atom. The number of carbonyl (C=O) groups is 3. The number of nitrogens with one attached hydrogen (secondary N) is 1. The van der Waals surface area contributed by atoms with Crippen LogP contribution in [0.3, 0.4) is 0 Å². The normalized spacial score (nSPS) is 14.3. The summed E-state index contributed by atoms with van der Waals surface area (Å²) in [6.45, 7) is 4.03. The Labute approximate surface area is 206 Å². The van der Waals surface area contributed by atoms with Crippen LogP contribution in [-0.2, 0) is 14.3 Å². The average molecular weight is 489 g/mol. The molecule has 4 aromatic rings. The Hall–Kier alpha value is -3.98. The minimum atomic E-state index is -1.03. The van der Waals surface area contributed by atoms with Crippen molar-refractivity contribution >= 4 is 50.7 Å². The fourth-order valence-corrected chi connectivity index (χ4v) is 5.18. The number of thiophene rings is 1. The molecular formula is C26H24N4O4S. The zero-order chi connectivity index (χ0) is 24.5. The molecule has 1 saturated heterocycles. The summed E-state index contributed by atoms with van der Waals surface area (Å²) in [4.78, 5) is 40.8. The minimum Gasteiger partial charge on any atom is -0.448 e. The molecule has 1 N–H and O–H groups in total. The van der Waals surface area contributed by atoms with Gasteiger partial charge in [-0.25, -0.2) is 9.48 Å². The van der Waals surface area contributed by atoms with Gasteiger partial charge in [0.1, 0.15) is 9.71 Å². The third-order valence-corrected chi connectivity index (χ3v) is 7.02. The molecule has 0 spiro atoms. The van der Waals surface area contributed by atoms with Gasteiger partial charge in [-0.3, -0.25) is 9.59 Å². The number of fused-ring (bicyclic) bond motifs is 1. The van der Waals surface area contributed by atoms with Crippen LogP contribution in [0, 0.1) is 6.92 Å². The van der Waals surface area contributed by atoms with Gasteiger partial charge in [0.2, 0.25) is 5.91 Å². The molecule has 0 saturated carbocycles. The van der Waals surface area contributed by atoms with Crippen molar-refractivity contribution in [2.24, 2.45) is 0 Å². The molecule has 2 aromatic heterocycles. The first-order valence-corrected chi connectivity index (χ1v) is 12.2. The summed E-state index contributed by atoms with van der Waals surface area (Å²) in [5, 5.41) is 8.26. The number of esters is 1. The lowest BCUT2D eigenvalue weighted by Gasteiger charge is -2.21. The molecule has 0 bridgehead atoms. The highest BCUT2D eigenvalue weighted by molar-refractivity contribution is 7.20. The number of hydrogen-bond donors (Lipinski definition) is 1. The molecule has 1 aliphatic rings. The number of nitrogens with zero attached hydrogens (tertiary/aromatic N) is 3. The number of amides is 2. The highest BCUT2D eigenvalue weighted by atomic mass is 32.1. The van der Waals surface area contributed by atoms with E-state index in [-0.39, 0.29) is 5.91 Å². The van der Waals surface area contributed by atoms with Gasteiger partial charge in [-0.15, -0.1) is 11.3 Å². The summed E-state index contributed by atoms with van der Waals surface area (Å²) in [7, 11) is 0. The number of para-hydroxylation sites is 3. The van der Waals surface area contributed by atoms with Crippen molar-refractivity contribution in [2.75, 3.05) is 16.8 Å². The maximum absolute atomic E-state index is 12.9. The van der Waals surface area contributed by atoms with Gasteiger partial charge in [-0.05, 0) is 50.6 Å². The highest BCUT2D eigenvalue weighted by Crippen LogP contribution is 2.32. The lowest BCUT2D eigenvalue weighted by molar-refractivity contribution is -0.123. The third kappa shape index (κ3) is 4.42. The zero-order valence-corrected chi connectivity index (χ0v) is 20.2. The molecule has 1 aliphatic heterocycles. The van der Waals surface area contributed by atoms with Crippen LogP contribution in [0.25, 0.3) is 15.9 Å². The van der Waals surface area contributed by atoms with E-state index in [0.29, 0.717) is 29.2 Å². The third-order valence-electron chi connectivity index (χ3n) is 5.93. The molecule has 35 heavy (non-hydrogen) atoms. The number of benzene rings is 2. The summed E-state index contributed by atoms with van der Waals surface area (Å²) in [5.41, 5.74) is 2.86. The predicted molar refractivity (Wildman–Crippen MR) is 135 cm³/mol. The standard InChI is InChI=1S/C26H24N4O4S/c1-16-19-15-22(35-25(19)30(28-16)18-9-4-3-5-10-18)26(33)34-17(2)24(32)27-20-11-6-7-12-21(20)29-14-8-13-23(29)31/h3-7,9-12,15,17H,8,13-14H2,1-2H3,(H,27,32)/t17-/m1/s1. The smallest absolute Gasteiger partial charge is 0.349 e. The Bertz CT molecular complexity index is 1430. The molecule has 1 fully saturated rings. The lowest BCUT2D eigenvalue weighted by Crippen LogP contribution is -2.31. The first kappa shape index (κ1) is 22.8. The van der Waals surface area contributed by atoms with E-state index < -0.39 is 18.0 Å². The van der Waals surface area contributed by atoms with Crippen molar-refractivity contribution in [3.05, 3.63) is 71.2 Å². The Kier molecular flexibility index (Phi) is 6.08. The van der Waals surface area contributed by atoms with E-state index in [0.717, 1.165) is 28.0 Å². The van der Waals surface area contributed by atoms with E-state index in [1.807, 2.05) is 43.3 Å². The van der Waals surface area contributed by atoms with Crippen LogP contribution in [0.2, 0.25) is 0 Å². The maximum atomic E-state index is 12.9. The fourth-order valence-electron chi connectivity index (χ4n) is 4.12. The summed E-state index contributed by atoms with van der Waals surface area (Å²) >= 11 is 1.27. The van der Waals surface area contributed by atoms with Crippen LogP contribution in [0.5, 0.6) is 0 Å². The zero-order valence-electron chi connectivity index (χ0n) is 19.4. The number of ether oxygens (including phenoxy) is 1. The largest absolute Gasteiger partial charge is 0.448 e. The molecule has 5 rings (SSSR count). The van der Waals surface area contributed by atoms with E-state index in [2.05, 4.69) is 10.4 Å². The van der Waals surface area contributed by atoms with Crippen molar-refractivity contribution in [3.63, 3.8) is 0 Å². The number of rotatable bonds is 6. The van der Waals surface area contributed by atoms with Crippen molar-refractivity contribution in [1.82, 2.24) is 9.78 Å². The number of carbonyl (C=O) groups excluding carboxylic acids is 3. The van der Waals surface area contributed by atoms with Crippen LogP contribution >= 0.6 is 11.3 Å². The molecule has 2 aromatic carbocycles. The number of aryl methyl sites for hydroxylation is 1. The maximum Gasteiger partial charge on any atom is 0.349 e. The van der Waals surface area contributed by atoms with Crippen LogP contribution in [0.15, 0.2) is 60.7 Å². The van der Waals surface area contributed by atoms with Gasteiger partial charge in [0.05, 0.1) is 22.8 Å². The lowest BCUT2D eigenvalue weighted by atomic mass is 10.2. The molecule has 2 amide bonds. The quantitative estimate of drug-likeness (QED) is 0.397. The first-order valence-electron chi connectivity index (χ1n) is 11.4. The molecular weight excluding hydrogens is 464 g/mol. The second-order valence-corrected chi connectivity index (χ2v) is 9.40. The van der Waals surface area contributed by atoms with Gasteiger partial charge in [-0.2, -0.15) is 5.10 Å². The minimum absolute atomic E-state index is 0.0281. The summed E-state index contributed by atoms with van der Waals surface area (Å²) in [5.74, 6) is -1.01. The second-order valence-electron chi connectivity index (χ2n) is 8.37. The topological polar surface area (TPSA) is 93.5 Å². The molecule has 0 unspecified atom stereocenters. The number of hydrogen-bond acceptors (Lipinski definition) is 6. The van der Waals surface area contributed by atoms with Gasteiger partial charge in [0, 0.05) is 18.4 Å². The van der Waals surface area contributed by atoms with Crippen molar-refractivity contribution < 1.29 is 19.1 Å². The Morgan fingerprint density at radius 2 is 1.86 bits per heavy atom. The average Bonchev–Trinajstić information content (AvgIpc) is 3.56. The molecule has 178 valence electrons. The van der Waals surface area contributed by atoms with E-state index >= 15 is 0 Å². The summed E-state index contributed by atoms with van der Waals surface area (Å²) in [6, 6.07) is 18.6. The van der Waals surface area contributed by atoms with Crippen LogP contribution in [0.1, 0.15) is 35.1 Å². The Morgan fingerprint density at radius 3 is 2.60 bits per heavy atom. The fraction of sp³-hybridized carbons (Fsp3) is 0.231. The van der Waals surface area contributed by atoms with Crippen molar-refractivity contribution in [2.45, 2.75) is 32.8 Å². The summed E-state index contributed by atoms with van der Waals surface area (Å²) in [6.07, 6.45) is 0.250. The van der Waals surface area contributed by atoms with Gasteiger partial charge < -0.3 is 15.0 Å². The van der Waals surface area contributed by atoms with E-state index in [4.69, 9.17) is 4.74 Å². The van der Waals surface area contributed by atoms with Gasteiger partial charge in [0.25, 0.3) is 5.91 Å². The second kappa shape index (κ2) is 9.34. The van der Waals surface area contributed by atoms with Gasteiger partial charge in [-0.1, -0.05) is 30.3 Å². The van der Waals surface area contributed by atoms with Crippen molar-refractivity contribution in [3.8, 4) is 5.69 Å². The molecule has 1 atom stereocenters. The molecule has 3 heterocycles. The number of anilines is 2. The van der Waals surface area contributed by atoms with Crippen LogP contribution in [0.4, 0.5) is 11.4 Å². The highest BCUT2D eigenvalue weighted by Gasteiger charge is 2.26. The van der Waals surface area contributed by atoms with E-state index in [1.165, 1.54) is 18.3 Å². The first-order chi connectivity index (χ1) is 16.9. The monoisotopic (exact) mass is 488 g/mol. The Balaban J connectivity index is 1.31. The van der Waals surface area contributed by atoms with Crippen LogP contribution < -0.4 is 10.2 Å². The van der Waals surface area contributed by atoms with Crippen LogP contribution in [-0.4, -0.2) is 40.2 Å². The SMILES string of the molecule is Cc1nn(-c2ccccc2)c2sc(C(=O)O[C@H](C)C(=O)Nc3ccccc3N3CCCC3=O)cc12. The number of aromatic nitrogens is 2. The summed E-state index contributed by atoms with van der Waals surface area (Å²) < 4.78 is 7.29. The van der Waals surface area contributed by atoms with Gasteiger partial charge >= 0.3 is 5.97 Å². The predicted octanol–water partition coefficient (Wildman–Crippen LogP) is 4.71. The molecule has 9 heteroatoms. The van der Waals surface area contributed by atoms with E-state index in [9.17, 15) is 14.4 Å². The van der Waals surface area contributed by atoms with Crippen molar-refractivity contribution in [1.29, 1.82) is 0 Å². The van der Waals surface area contributed by atoms with Gasteiger partial charge in [0.15, 0.2) is 6.10 Å². The van der Waals surface area contributed by atoms with E-state index in [1.54, 1.807) is 33.8 Å². The molecule has 8 nitrogen and oxygen atoms in total. The molecule has 0 aliphatic carbocycles. The molecule has 0 radical (unpaired) electrons.